The smallest absolute Gasteiger partial charge is 0.298 e. The standard InChI is InChI=1S/C9H4ClF3N4O/c10-8-5(4-18)7(9(11,12)13)16-17(8)6-3-14-1-2-15-6/h1-4H. The third-order valence-electron chi connectivity index (χ3n) is 2.02. The van der Waals surface area contributed by atoms with Crippen LogP contribution in [0.3, 0.4) is 0 Å². The molecule has 0 saturated carbocycles. The van der Waals surface area contributed by atoms with Gasteiger partial charge in [-0.3, -0.25) is 9.78 Å². The molecule has 0 N–H and O–H groups in total. The normalized spacial score (nSPS) is 11.6. The molecule has 0 radical (unpaired) electrons. The van der Waals surface area contributed by atoms with Gasteiger partial charge in [-0.2, -0.15) is 18.3 Å². The van der Waals surface area contributed by atoms with E-state index in [-0.39, 0.29) is 12.1 Å². The first-order valence-electron chi connectivity index (χ1n) is 4.52. The van der Waals surface area contributed by atoms with Gasteiger partial charge in [-0.25, -0.2) is 9.67 Å². The Morgan fingerprint density at radius 3 is 2.50 bits per heavy atom. The van der Waals surface area contributed by atoms with Crippen molar-refractivity contribution in [2.24, 2.45) is 0 Å². The van der Waals surface area contributed by atoms with E-state index in [0.29, 0.717) is 4.68 Å². The van der Waals surface area contributed by atoms with Gasteiger partial charge in [-0.15, -0.1) is 0 Å². The summed E-state index contributed by atoms with van der Waals surface area (Å²) in [5.74, 6) is -0.0129. The summed E-state index contributed by atoms with van der Waals surface area (Å²) in [6.07, 6.45) is -0.987. The molecular weight excluding hydrogens is 273 g/mol. The van der Waals surface area contributed by atoms with E-state index < -0.39 is 22.6 Å². The molecule has 0 saturated heterocycles. The average molecular weight is 277 g/mol. The Labute approximate surface area is 103 Å². The summed E-state index contributed by atoms with van der Waals surface area (Å²) in [5, 5.41) is 2.79. The fourth-order valence-corrected chi connectivity index (χ4v) is 1.53. The first-order valence-corrected chi connectivity index (χ1v) is 4.90. The van der Waals surface area contributed by atoms with E-state index in [1.165, 1.54) is 18.6 Å². The molecule has 0 spiro atoms. The summed E-state index contributed by atoms with van der Waals surface area (Å²) in [5.41, 5.74) is -2.08. The van der Waals surface area contributed by atoms with E-state index in [4.69, 9.17) is 11.6 Å². The summed E-state index contributed by atoms with van der Waals surface area (Å²) in [6, 6.07) is 0. The molecule has 2 aromatic heterocycles. The van der Waals surface area contributed by atoms with Crippen molar-refractivity contribution in [2.45, 2.75) is 6.18 Å². The second kappa shape index (κ2) is 4.37. The number of nitrogens with zero attached hydrogens (tertiary/aromatic N) is 4. The van der Waals surface area contributed by atoms with Crippen molar-refractivity contribution in [1.29, 1.82) is 0 Å². The van der Waals surface area contributed by atoms with Gasteiger partial charge in [0, 0.05) is 12.4 Å². The zero-order valence-electron chi connectivity index (χ0n) is 8.52. The Bertz CT molecular complexity index is 581. The molecule has 18 heavy (non-hydrogen) atoms. The number of hydrogen-bond acceptors (Lipinski definition) is 4. The van der Waals surface area contributed by atoms with Crippen LogP contribution in [-0.2, 0) is 6.18 Å². The molecule has 0 aromatic carbocycles. The second-order valence-electron chi connectivity index (χ2n) is 3.14. The van der Waals surface area contributed by atoms with Gasteiger partial charge in [0.25, 0.3) is 0 Å². The lowest BCUT2D eigenvalue weighted by molar-refractivity contribution is -0.141. The number of alkyl halides is 3. The minimum atomic E-state index is -4.77. The molecule has 94 valence electrons. The molecule has 0 bridgehead atoms. The maximum atomic E-state index is 12.6. The van der Waals surface area contributed by atoms with Gasteiger partial charge in [0.1, 0.15) is 5.15 Å². The van der Waals surface area contributed by atoms with E-state index in [9.17, 15) is 18.0 Å². The lowest BCUT2D eigenvalue weighted by Gasteiger charge is -2.01. The summed E-state index contributed by atoms with van der Waals surface area (Å²) >= 11 is 5.67. The number of carbonyl (C=O) groups excluding carboxylic acids is 1. The summed E-state index contributed by atoms with van der Waals surface area (Å²) in [4.78, 5) is 18.1. The van der Waals surface area contributed by atoms with Crippen LogP contribution in [0.25, 0.3) is 5.82 Å². The van der Waals surface area contributed by atoms with Gasteiger partial charge in [-0.1, -0.05) is 11.6 Å². The van der Waals surface area contributed by atoms with Gasteiger partial charge >= 0.3 is 6.18 Å². The molecular formula is C9H4ClF3N4O. The third-order valence-corrected chi connectivity index (χ3v) is 2.38. The Morgan fingerprint density at radius 2 is 2.06 bits per heavy atom. The molecule has 5 nitrogen and oxygen atoms in total. The number of rotatable bonds is 2. The fourth-order valence-electron chi connectivity index (χ4n) is 1.28. The second-order valence-corrected chi connectivity index (χ2v) is 3.50. The highest BCUT2D eigenvalue weighted by Crippen LogP contribution is 2.34. The molecule has 0 unspecified atom stereocenters. The highest BCUT2D eigenvalue weighted by Gasteiger charge is 2.39. The zero-order valence-corrected chi connectivity index (χ0v) is 9.27. The van der Waals surface area contributed by atoms with Crippen LogP contribution in [0.1, 0.15) is 16.1 Å². The average Bonchev–Trinajstić information content (AvgIpc) is 2.67. The highest BCUT2D eigenvalue weighted by molar-refractivity contribution is 6.32. The quantitative estimate of drug-likeness (QED) is 0.789. The van der Waals surface area contributed by atoms with Gasteiger partial charge in [0.2, 0.25) is 0 Å². The van der Waals surface area contributed by atoms with Crippen molar-refractivity contribution in [2.75, 3.05) is 0 Å². The van der Waals surface area contributed by atoms with Crippen LogP contribution >= 0.6 is 11.6 Å². The van der Waals surface area contributed by atoms with Crippen LogP contribution in [0.2, 0.25) is 5.15 Å². The van der Waals surface area contributed by atoms with Gasteiger partial charge in [0.15, 0.2) is 17.8 Å². The number of aldehydes is 1. The van der Waals surface area contributed by atoms with E-state index in [2.05, 4.69) is 15.1 Å². The van der Waals surface area contributed by atoms with E-state index in [0.717, 1.165) is 0 Å². The molecule has 9 heteroatoms. The van der Waals surface area contributed by atoms with Crippen LogP contribution in [0.5, 0.6) is 0 Å². The molecule has 0 amide bonds. The first kappa shape index (κ1) is 12.5. The predicted octanol–water partition coefficient (Wildman–Crippen LogP) is 2.15. The maximum absolute atomic E-state index is 12.6. The number of carbonyl (C=O) groups is 1. The maximum Gasteiger partial charge on any atom is 0.435 e. The van der Waals surface area contributed by atoms with Gasteiger partial charge in [-0.05, 0) is 0 Å². The monoisotopic (exact) mass is 276 g/mol. The number of hydrogen-bond donors (Lipinski definition) is 0. The Hall–Kier alpha value is -1.96. The molecule has 2 aromatic rings. The Morgan fingerprint density at radius 1 is 1.33 bits per heavy atom. The summed E-state index contributed by atoms with van der Waals surface area (Å²) in [7, 11) is 0. The lowest BCUT2D eigenvalue weighted by atomic mass is 10.2. The molecule has 0 aliphatic carbocycles. The van der Waals surface area contributed by atoms with Crippen molar-refractivity contribution < 1.29 is 18.0 Å². The first-order chi connectivity index (χ1) is 8.45. The highest BCUT2D eigenvalue weighted by atomic mass is 35.5. The molecule has 0 fully saturated rings. The van der Waals surface area contributed by atoms with E-state index in [1.807, 2.05) is 0 Å². The molecule has 0 aliphatic rings. The van der Waals surface area contributed by atoms with Crippen molar-refractivity contribution >= 4 is 17.9 Å². The van der Waals surface area contributed by atoms with Crippen molar-refractivity contribution in [3.05, 3.63) is 35.0 Å². The zero-order chi connectivity index (χ0) is 13.3. The van der Waals surface area contributed by atoms with Crippen LogP contribution in [-0.4, -0.2) is 26.0 Å². The van der Waals surface area contributed by atoms with Crippen LogP contribution < -0.4 is 0 Å². The fraction of sp³-hybridized carbons (Fsp3) is 0.111. The molecule has 0 atom stereocenters. The Balaban J connectivity index is 2.65. The largest absolute Gasteiger partial charge is 0.435 e. The molecule has 2 rings (SSSR count). The van der Waals surface area contributed by atoms with E-state index >= 15 is 0 Å². The number of halogens is 4. The van der Waals surface area contributed by atoms with Crippen LogP contribution in [0, 0.1) is 0 Å². The van der Waals surface area contributed by atoms with Crippen LogP contribution in [0.4, 0.5) is 13.2 Å². The minimum absolute atomic E-state index is 0.00499. The third kappa shape index (κ3) is 2.06. The van der Waals surface area contributed by atoms with Gasteiger partial charge in [0.05, 0.1) is 11.8 Å². The minimum Gasteiger partial charge on any atom is -0.298 e. The Kier molecular flexibility index (Phi) is 3.04. The summed E-state index contributed by atoms with van der Waals surface area (Å²) < 4.78 is 38.6. The number of aromatic nitrogens is 4. The predicted molar refractivity (Wildman–Crippen MR) is 54.6 cm³/mol. The van der Waals surface area contributed by atoms with Crippen molar-refractivity contribution in [3.8, 4) is 5.82 Å². The van der Waals surface area contributed by atoms with E-state index in [1.54, 1.807) is 0 Å². The summed E-state index contributed by atoms with van der Waals surface area (Å²) in [6.45, 7) is 0. The SMILES string of the molecule is O=Cc1c(C(F)(F)F)nn(-c2cnccn2)c1Cl. The van der Waals surface area contributed by atoms with Crippen molar-refractivity contribution in [3.63, 3.8) is 0 Å². The molecule has 2 heterocycles. The van der Waals surface area contributed by atoms with Crippen molar-refractivity contribution in [1.82, 2.24) is 19.7 Å². The van der Waals surface area contributed by atoms with Crippen LogP contribution in [0.15, 0.2) is 18.6 Å². The topological polar surface area (TPSA) is 60.7 Å². The molecule has 0 aliphatic heterocycles. The van der Waals surface area contributed by atoms with Gasteiger partial charge < -0.3 is 0 Å². The lowest BCUT2D eigenvalue weighted by Crippen LogP contribution is -2.09.